The molecule has 2 N–H and O–H groups in total. The lowest BCUT2D eigenvalue weighted by Crippen LogP contribution is -2.16. The summed E-state index contributed by atoms with van der Waals surface area (Å²) in [6.07, 6.45) is 0. The van der Waals surface area contributed by atoms with Gasteiger partial charge in [0.15, 0.2) is 0 Å². The lowest BCUT2D eigenvalue weighted by atomic mass is 10.2. The molecule has 2 aromatic heterocycles. The van der Waals surface area contributed by atoms with Crippen molar-refractivity contribution in [3.8, 4) is 0 Å². The highest BCUT2D eigenvalue weighted by Gasteiger charge is 2.18. The highest BCUT2D eigenvalue weighted by molar-refractivity contribution is 7.10. The van der Waals surface area contributed by atoms with Crippen LogP contribution in [-0.2, 0) is 6.54 Å². The highest BCUT2D eigenvalue weighted by atomic mass is 32.1. The SMILES string of the molecule is CCn1c(C(N)c2cccs2)nc2cc(C)ccc21. The molecule has 19 heavy (non-hydrogen) atoms. The molecule has 0 radical (unpaired) electrons. The van der Waals surface area contributed by atoms with Crippen LogP contribution in [0.25, 0.3) is 11.0 Å². The van der Waals surface area contributed by atoms with Gasteiger partial charge in [0.1, 0.15) is 5.82 Å². The number of nitrogens with two attached hydrogens (primary N) is 1. The average Bonchev–Trinajstić information content (AvgIpc) is 3.04. The molecule has 0 saturated carbocycles. The van der Waals surface area contributed by atoms with Crippen LogP contribution >= 0.6 is 11.3 Å². The zero-order chi connectivity index (χ0) is 13.4. The molecule has 1 atom stereocenters. The van der Waals surface area contributed by atoms with Gasteiger partial charge in [0.2, 0.25) is 0 Å². The second kappa shape index (κ2) is 4.79. The van der Waals surface area contributed by atoms with E-state index in [9.17, 15) is 0 Å². The number of aryl methyl sites for hydroxylation is 2. The molecule has 3 rings (SSSR count). The highest BCUT2D eigenvalue weighted by Crippen LogP contribution is 2.27. The molecular formula is C15H17N3S. The summed E-state index contributed by atoms with van der Waals surface area (Å²) >= 11 is 1.68. The molecule has 1 unspecified atom stereocenters. The fourth-order valence-corrected chi connectivity index (χ4v) is 3.15. The second-order valence-electron chi connectivity index (χ2n) is 4.70. The van der Waals surface area contributed by atoms with Gasteiger partial charge in [-0.25, -0.2) is 4.98 Å². The predicted molar refractivity (Wildman–Crippen MR) is 80.5 cm³/mol. The lowest BCUT2D eigenvalue weighted by Gasteiger charge is -2.11. The molecule has 0 fully saturated rings. The van der Waals surface area contributed by atoms with E-state index in [4.69, 9.17) is 10.7 Å². The van der Waals surface area contributed by atoms with Crippen LogP contribution in [0.4, 0.5) is 0 Å². The molecule has 0 spiro atoms. The predicted octanol–water partition coefficient (Wildman–Crippen LogP) is 3.47. The van der Waals surface area contributed by atoms with Crippen LogP contribution in [0.15, 0.2) is 35.7 Å². The Bertz CT molecular complexity index is 698. The third kappa shape index (κ3) is 2.07. The van der Waals surface area contributed by atoms with Crippen LogP contribution < -0.4 is 5.73 Å². The number of imidazole rings is 1. The van der Waals surface area contributed by atoms with Gasteiger partial charge in [-0.3, -0.25) is 0 Å². The Morgan fingerprint density at radius 2 is 2.21 bits per heavy atom. The first-order valence-electron chi connectivity index (χ1n) is 6.46. The lowest BCUT2D eigenvalue weighted by molar-refractivity contribution is 0.677. The van der Waals surface area contributed by atoms with Crippen LogP contribution in [0, 0.1) is 6.92 Å². The number of thiophene rings is 1. The van der Waals surface area contributed by atoms with Crippen LogP contribution in [0.5, 0.6) is 0 Å². The summed E-state index contributed by atoms with van der Waals surface area (Å²) in [5.74, 6) is 0.950. The van der Waals surface area contributed by atoms with Crippen molar-refractivity contribution in [2.75, 3.05) is 0 Å². The zero-order valence-corrected chi connectivity index (χ0v) is 11.9. The first kappa shape index (κ1) is 12.4. The number of aromatic nitrogens is 2. The van der Waals surface area contributed by atoms with Crippen LogP contribution in [-0.4, -0.2) is 9.55 Å². The second-order valence-corrected chi connectivity index (χ2v) is 5.68. The average molecular weight is 271 g/mol. The number of hydrogen-bond donors (Lipinski definition) is 1. The van der Waals surface area contributed by atoms with Crippen molar-refractivity contribution in [2.24, 2.45) is 5.73 Å². The van der Waals surface area contributed by atoms with Crippen LogP contribution in [0.1, 0.15) is 29.2 Å². The Labute approximate surface area is 116 Å². The summed E-state index contributed by atoms with van der Waals surface area (Å²) in [4.78, 5) is 5.90. The fourth-order valence-electron chi connectivity index (χ4n) is 2.42. The topological polar surface area (TPSA) is 43.8 Å². The number of hydrogen-bond acceptors (Lipinski definition) is 3. The molecule has 98 valence electrons. The molecule has 0 amide bonds. The van der Waals surface area contributed by atoms with Crippen molar-refractivity contribution < 1.29 is 0 Å². The molecule has 4 heteroatoms. The van der Waals surface area contributed by atoms with E-state index >= 15 is 0 Å². The van der Waals surface area contributed by atoms with E-state index in [1.165, 1.54) is 5.56 Å². The fraction of sp³-hybridized carbons (Fsp3) is 0.267. The maximum atomic E-state index is 6.37. The molecule has 2 heterocycles. The minimum absolute atomic E-state index is 0.146. The van der Waals surface area contributed by atoms with E-state index in [1.54, 1.807) is 11.3 Å². The molecule has 0 aliphatic carbocycles. The molecule has 0 aliphatic rings. The van der Waals surface area contributed by atoms with E-state index in [0.717, 1.165) is 28.3 Å². The largest absolute Gasteiger partial charge is 0.327 e. The van der Waals surface area contributed by atoms with E-state index in [1.807, 2.05) is 6.07 Å². The molecule has 0 saturated heterocycles. The zero-order valence-electron chi connectivity index (χ0n) is 11.1. The number of nitrogens with zero attached hydrogens (tertiary/aromatic N) is 2. The van der Waals surface area contributed by atoms with E-state index in [2.05, 4.69) is 48.1 Å². The Morgan fingerprint density at radius 1 is 1.37 bits per heavy atom. The van der Waals surface area contributed by atoms with Gasteiger partial charge < -0.3 is 10.3 Å². The smallest absolute Gasteiger partial charge is 0.132 e. The minimum Gasteiger partial charge on any atom is -0.327 e. The number of benzene rings is 1. The third-order valence-electron chi connectivity index (χ3n) is 3.38. The van der Waals surface area contributed by atoms with E-state index in [0.29, 0.717) is 0 Å². The first-order chi connectivity index (χ1) is 9.20. The van der Waals surface area contributed by atoms with Gasteiger partial charge in [-0.15, -0.1) is 11.3 Å². The van der Waals surface area contributed by atoms with E-state index in [-0.39, 0.29) is 6.04 Å². The maximum absolute atomic E-state index is 6.37. The van der Waals surface area contributed by atoms with Crippen molar-refractivity contribution in [3.63, 3.8) is 0 Å². The van der Waals surface area contributed by atoms with Gasteiger partial charge >= 0.3 is 0 Å². The molecule has 3 nitrogen and oxygen atoms in total. The summed E-state index contributed by atoms with van der Waals surface area (Å²) in [5.41, 5.74) is 9.79. The number of rotatable bonds is 3. The Hall–Kier alpha value is -1.65. The minimum atomic E-state index is -0.146. The van der Waals surface area contributed by atoms with Gasteiger partial charge in [-0.2, -0.15) is 0 Å². The molecule has 3 aromatic rings. The molecule has 1 aromatic carbocycles. The molecule has 0 aliphatic heterocycles. The summed E-state index contributed by atoms with van der Waals surface area (Å²) in [6.45, 7) is 5.10. The van der Waals surface area contributed by atoms with Gasteiger partial charge in [0.25, 0.3) is 0 Å². The van der Waals surface area contributed by atoms with E-state index < -0.39 is 0 Å². The standard InChI is InChI=1S/C15H17N3S/c1-3-18-12-7-6-10(2)9-11(12)17-15(18)14(16)13-5-4-8-19-13/h4-9,14H,3,16H2,1-2H3. The van der Waals surface area contributed by atoms with Gasteiger partial charge in [0.05, 0.1) is 17.1 Å². The summed E-state index contributed by atoms with van der Waals surface area (Å²) in [6, 6.07) is 10.3. The Morgan fingerprint density at radius 3 is 2.89 bits per heavy atom. The maximum Gasteiger partial charge on any atom is 0.132 e. The van der Waals surface area contributed by atoms with Crippen molar-refractivity contribution >= 4 is 22.4 Å². The summed E-state index contributed by atoms with van der Waals surface area (Å²) in [5, 5.41) is 2.05. The van der Waals surface area contributed by atoms with Gasteiger partial charge in [-0.1, -0.05) is 12.1 Å². The summed E-state index contributed by atoms with van der Waals surface area (Å²) < 4.78 is 2.21. The van der Waals surface area contributed by atoms with Crippen LogP contribution in [0.3, 0.4) is 0 Å². The van der Waals surface area contributed by atoms with Crippen molar-refractivity contribution in [1.82, 2.24) is 9.55 Å². The Balaban J connectivity index is 2.17. The number of fused-ring (bicyclic) bond motifs is 1. The monoisotopic (exact) mass is 271 g/mol. The van der Waals surface area contributed by atoms with Gasteiger partial charge in [0, 0.05) is 11.4 Å². The summed E-state index contributed by atoms with van der Waals surface area (Å²) in [7, 11) is 0. The quantitative estimate of drug-likeness (QED) is 0.792. The Kier molecular flexibility index (Phi) is 3.12. The molecule has 0 bridgehead atoms. The third-order valence-corrected chi connectivity index (χ3v) is 4.33. The molecular weight excluding hydrogens is 254 g/mol. The normalized spacial score (nSPS) is 13.0. The van der Waals surface area contributed by atoms with Crippen molar-refractivity contribution in [2.45, 2.75) is 26.4 Å². The van der Waals surface area contributed by atoms with Crippen molar-refractivity contribution in [1.29, 1.82) is 0 Å². The van der Waals surface area contributed by atoms with Crippen molar-refractivity contribution in [3.05, 3.63) is 52.0 Å². The van der Waals surface area contributed by atoms with Gasteiger partial charge in [-0.05, 0) is 43.0 Å². The van der Waals surface area contributed by atoms with Crippen LogP contribution in [0.2, 0.25) is 0 Å². The first-order valence-corrected chi connectivity index (χ1v) is 7.34.